The van der Waals surface area contributed by atoms with Gasteiger partial charge in [0.25, 0.3) is 0 Å². The van der Waals surface area contributed by atoms with Crippen molar-refractivity contribution in [3.05, 3.63) is 58.7 Å². The predicted molar refractivity (Wildman–Crippen MR) is 116 cm³/mol. The van der Waals surface area contributed by atoms with Crippen LogP contribution in [0.2, 0.25) is 0 Å². The van der Waals surface area contributed by atoms with Crippen LogP contribution in [0, 0.1) is 5.92 Å². The van der Waals surface area contributed by atoms with Gasteiger partial charge in [-0.05, 0) is 42.5 Å². The molecule has 0 bridgehead atoms. The fourth-order valence-corrected chi connectivity index (χ4v) is 4.11. The summed E-state index contributed by atoms with van der Waals surface area (Å²) in [6, 6.07) is 6.80. The van der Waals surface area contributed by atoms with E-state index >= 15 is 0 Å². The molecule has 0 unspecified atom stereocenters. The van der Waals surface area contributed by atoms with E-state index in [0.717, 1.165) is 49.2 Å². The van der Waals surface area contributed by atoms with Gasteiger partial charge in [-0.3, -0.25) is 0 Å². The highest BCUT2D eigenvalue weighted by molar-refractivity contribution is 5.92. The van der Waals surface area contributed by atoms with Crippen molar-refractivity contribution in [3.63, 3.8) is 0 Å². The Bertz CT molecular complexity index is 906. The van der Waals surface area contributed by atoms with Gasteiger partial charge < -0.3 is 14.8 Å². The van der Waals surface area contributed by atoms with Gasteiger partial charge in [0, 0.05) is 18.5 Å². The van der Waals surface area contributed by atoms with Gasteiger partial charge in [-0.15, -0.1) is 0 Å². The molecule has 1 aromatic heterocycles. The Morgan fingerprint density at radius 3 is 2.47 bits per heavy atom. The van der Waals surface area contributed by atoms with Gasteiger partial charge in [0.1, 0.15) is 5.82 Å². The molecular formula is C24H30N2O4. The highest BCUT2D eigenvalue weighted by atomic mass is 16.4. The van der Waals surface area contributed by atoms with Crippen LogP contribution in [0.5, 0.6) is 0 Å². The first-order chi connectivity index (χ1) is 14.5. The van der Waals surface area contributed by atoms with Crippen LogP contribution in [0.1, 0.15) is 79.3 Å². The molecule has 6 nitrogen and oxygen atoms in total. The summed E-state index contributed by atoms with van der Waals surface area (Å²) >= 11 is 0. The maximum absolute atomic E-state index is 11.9. The third-order valence-corrected chi connectivity index (χ3v) is 5.84. The predicted octanol–water partition coefficient (Wildman–Crippen LogP) is 5.02. The minimum absolute atomic E-state index is 0.250. The van der Waals surface area contributed by atoms with Gasteiger partial charge in [-0.2, -0.15) is 0 Å². The Kier molecular flexibility index (Phi) is 7.44. The maximum atomic E-state index is 11.9. The average Bonchev–Trinajstić information content (AvgIpc) is 3.37. The molecule has 30 heavy (non-hydrogen) atoms. The second-order valence-electron chi connectivity index (χ2n) is 8.12. The summed E-state index contributed by atoms with van der Waals surface area (Å²) in [5.41, 5.74) is 2.43. The van der Waals surface area contributed by atoms with Gasteiger partial charge in [0.2, 0.25) is 0 Å². The Balaban J connectivity index is 1.90. The Labute approximate surface area is 177 Å². The lowest BCUT2D eigenvalue weighted by Crippen LogP contribution is -2.10. The standard InChI is InChI=1S/C24H30N2O4/c1-2-3-8-22-25-15-21(14-20(24(29)30)13-17-6-4-5-7-17)26(22)16-18-9-11-19(12-10-18)23(27)28/h9-12,14-15,17H,2-8,13,16H2,1H3,(H,27,28)(H,29,30). The molecule has 2 aromatic rings. The molecule has 0 amide bonds. The van der Waals surface area contributed by atoms with Gasteiger partial charge in [-0.25, -0.2) is 14.6 Å². The topological polar surface area (TPSA) is 92.4 Å². The molecule has 1 heterocycles. The number of aryl methyl sites for hydroxylation is 1. The molecule has 0 aliphatic heterocycles. The number of imidazole rings is 1. The highest BCUT2D eigenvalue weighted by Gasteiger charge is 2.20. The van der Waals surface area contributed by atoms with E-state index in [2.05, 4.69) is 16.5 Å². The van der Waals surface area contributed by atoms with Crippen LogP contribution >= 0.6 is 0 Å². The van der Waals surface area contributed by atoms with Crippen LogP contribution in [-0.2, 0) is 17.8 Å². The zero-order valence-corrected chi connectivity index (χ0v) is 17.5. The lowest BCUT2D eigenvalue weighted by atomic mass is 9.97. The normalized spacial score (nSPS) is 14.9. The number of aliphatic carboxylic acids is 1. The summed E-state index contributed by atoms with van der Waals surface area (Å²) in [7, 11) is 0. The van der Waals surface area contributed by atoms with Crippen molar-refractivity contribution in [2.45, 2.75) is 64.8 Å². The van der Waals surface area contributed by atoms with E-state index in [1.807, 2.05) is 0 Å². The molecule has 0 atom stereocenters. The minimum atomic E-state index is -0.950. The summed E-state index contributed by atoms with van der Waals surface area (Å²) in [5, 5.41) is 18.9. The SMILES string of the molecule is CCCCc1ncc(C=C(CC2CCCC2)C(=O)O)n1Cc1ccc(C(=O)O)cc1. The monoisotopic (exact) mass is 410 g/mol. The summed E-state index contributed by atoms with van der Waals surface area (Å²) in [4.78, 5) is 27.6. The minimum Gasteiger partial charge on any atom is -0.478 e. The molecule has 1 fully saturated rings. The first-order valence-corrected chi connectivity index (χ1v) is 10.8. The number of unbranched alkanes of at least 4 members (excludes halogenated alkanes) is 1. The van der Waals surface area contributed by atoms with Crippen molar-refractivity contribution < 1.29 is 19.8 Å². The Morgan fingerprint density at radius 1 is 1.17 bits per heavy atom. The number of hydrogen-bond acceptors (Lipinski definition) is 3. The molecule has 1 aliphatic rings. The molecule has 0 radical (unpaired) electrons. The van der Waals surface area contributed by atoms with E-state index in [1.165, 1.54) is 12.8 Å². The summed E-state index contributed by atoms with van der Waals surface area (Å²) in [6.07, 6.45) is 11.6. The van der Waals surface area contributed by atoms with Crippen molar-refractivity contribution in [2.24, 2.45) is 5.92 Å². The third kappa shape index (κ3) is 5.59. The van der Waals surface area contributed by atoms with E-state index in [0.29, 0.717) is 24.5 Å². The number of aromatic carboxylic acids is 1. The van der Waals surface area contributed by atoms with Crippen LogP contribution in [0.3, 0.4) is 0 Å². The summed E-state index contributed by atoms with van der Waals surface area (Å²) < 4.78 is 2.06. The molecular weight excluding hydrogens is 380 g/mol. The van der Waals surface area contributed by atoms with E-state index in [9.17, 15) is 14.7 Å². The van der Waals surface area contributed by atoms with Crippen molar-refractivity contribution in [1.29, 1.82) is 0 Å². The first kappa shape index (κ1) is 21.8. The molecule has 6 heteroatoms. The molecule has 1 saturated carbocycles. The zero-order chi connectivity index (χ0) is 21.5. The fraction of sp³-hybridized carbons (Fsp3) is 0.458. The van der Waals surface area contributed by atoms with Crippen molar-refractivity contribution >= 4 is 18.0 Å². The lowest BCUT2D eigenvalue weighted by molar-refractivity contribution is -0.132. The molecule has 1 aromatic carbocycles. The van der Waals surface area contributed by atoms with E-state index in [1.54, 1.807) is 36.5 Å². The number of hydrogen-bond donors (Lipinski definition) is 2. The largest absolute Gasteiger partial charge is 0.478 e. The van der Waals surface area contributed by atoms with Gasteiger partial charge in [-0.1, -0.05) is 51.2 Å². The number of aromatic nitrogens is 2. The molecule has 0 saturated heterocycles. The highest BCUT2D eigenvalue weighted by Crippen LogP contribution is 2.31. The van der Waals surface area contributed by atoms with Crippen LogP contribution in [0.25, 0.3) is 6.08 Å². The third-order valence-electron chi connectivity index (χ3n) is 5.84. The number of carboxylic acids is 2. The smallest absolute Gasteiger partial charge is 0.335 e. The lowest BCUT2D eigenvalue weighted by Gasteiger charge is -2.13. The van der Waals surface area contributed by atoms with Gasteiger partial charge in [0.15, 0.2) is 0 Å². The number of rotatable bonds is 10. The first-order valence-electron chi connectivity index (χ1n) is 10.8. The fourth-order valence-electron chi connectivity index (χ4n) is 4.11. The Hall–Kier alpha value is -2.89. The molecule has 2 N–H and O–H groups in total. The van der Waals surface area contributed by atoms with Crippen molar-refractivity contribution in [3.8, 4) is 0 Å². The zero-order valence-electron chi connectivity index (χ0n) is 17.5. The van der Waals surface area contributed by atoms with Crippen molar-refractivity contribution in [2.75, 3.05) is 0 Å². The molecule has 160 valence electrons. The average molecular weight is 411 g/mol. The number of carbonyl (C=O) groups is 2. The van der Waals surface area contributed by atoms with Crippen LogP contribution in [0.15, 0.2) is 36.0 Å². The van der Waals surface area contributed by atoms with Crippen LogP contribution in [-0.4, -0.2) is 31.7 Å². The van der Waals surface area contributed by atoms with Gasteiger partial charge in [0.05, 0.1) is 17.5 Å². The number of carboxylic acid groups (broad SMARTS) is 2. The second kappa shape index (κ2) is 10.2. The molecule has 1 aliphatic carbocycles. The Morgan fingerprint density at radius 2 is 1.87 bits per heavy atom. The maximum Gasteiger partial charge on any atom is 0.335 e. The van der Waals surface area contributed by atoms with Crippen molar-refractivity contribution in [1.82, 2.24) is 9.55 Å². The van der Waals surface area contributed by atoms with E-state index in [4.69, 9.17) is 5.11 Å². The van der Waals surface area contributed by atoms with E-state index in [-0.39, 0.29) is 5.56 Å². The summed E-state index contributed by atoms with van der Waals surface area (Å²) in [5.74, 6) is -0.437. The number of nitrogens with zero attached hydrogens (tertiary/aromatic N) is 2. The molecule has 3 rings (SSSR count). The van der Waals surface area contributed by atoms with Crippen LogP contribution < -0.4 is 0 Å². The van der Waals surface area contributed by atoms with Gasteiger partial charge >= 0.3 is 11.9 Å². The second-order valence-corrected chi connectivity index (χ2v) is 8.12. The molecule has 0 spiro atoms. The summed E-state index contributed by atoms with van der Waals surface area (Å²) in [6.45, 7) is 2.66. The number of benzene rings is 1. The quantitative estimate of drug-likeness (QED) is 0.537. The van der Waals surface area contributed by atoms with E-state index < -0.39 is 11.9 Å². The van der Waals surface area contributed by atoms with Crippen LogP contribution in [0.4, 0.5) is 0 Å².